The number of nitrogens with one attached hydrogen (secondary N) is 2. The third-order valence-corrected chi connectivity index (χ3v) is 5.44. The fourth-order valence-corrected chi connectivity index (χ4v) is 3.84. The van der Waals surface area contributed by atoms with Gasteiger partial charge >= 0.3 is 0 Å². The predicted octanol–water partition coefficient (Wildman–Crippen LogP) is 1.98. The molecule has 1 heterocycles. The molecule has 1 fully saturated rings. The van der Waals surface area contributed by atoms with Gasteiger partial charge in [-0.05, 0) is 30.3 Å². The van der Waals surface area contributed by atoms with Crippen molar-refractivity contribution in [1.82, 2.24) is 5.32 Å². The molecule has 2 N–H and O–H groups in total. The van der Waals surface area contributed by atoms with E-state index in [2.05, 4.69) is 26.5 Å². The zero-order valence-electron chi connectivity index (χ0n) is 19.4. The van der Waals surface area contributed by atoms with Gasteiger partial charge in [-0.3, -0.25) is 9.59 Å². The molecule has 0 spiro atoms. The molecule has 2 aromatic rings. The van der Waals surface area contributed by atoms with Crippen molar-refractivity contribution in [2.75, 3.05) is 82.4 Å². The molecule has 1 aliphatic rings. The zero-order valence-corrected chi connectivity index (χ0v) is 19.4. The average Bonchev–Trinajstić information content (AvgIpc) is 2.84. The Hall–Kier alpha value is -3.30. The van der Waals surface area contributed by atoms with E-state index in [9.17, 15) is 9.59 Å². The summed E-state index contributed by atoms with van der Waals surface area (Å²) in [5, 5.41) is 5.65. The summed E-state index contributed by atoms with van der Waals surface area (Å²) in [6.45, 7) is 3.83. The first-order valence-corrected chi connectivity index (χ1v) is 10.9. The Morgan fingerprint density at radius 2 is 1.61 bits per heavy atom. The first-order valence-electron chi connectivity index (χ1n) is 10.9. The number of carbonyl (C=O) groups is 2. The molecule has 0 saturated carbocycles. The van der Waals surface area contributed by atoms with E-state index in [0.29, 0.717) is 24.4 Å². The van der Waals surface area contributed by atoms with E-state index >= 15 is 0 Å². The van der Waals surface area contributed by atoms with Gasteiger partial charge in [-0.15, -0.1) is 0 Å². The van der Waals surface area contributed by atoms with Gasteiger partial charge in [0.2, 0.25) is 5.91 Å². The number of anilines is 3. The smallest absolute Gasteiger partial charge is 0.253 e. The molecule has 0 aliphatic carbocycles. The highest BCUT2D eigenvalue weighted by Crippen LogP contribution is 2.31. The van der Waals surface area contributed by atoms with Crippen LogP contribution < -0.4 is 25.2 Å². The van der Waals surface area contributed by atoms with Gasteiger partial charge in [0.15, 0.2) is 0 Å². The lowest BCUT2D eigenvalue weighted by molar-refractivity contribution is -0.119. The number of piperazine rings is 1. The second-order valence-electron chi connectivity index (χ2n) is 7.61. The maximum Gasteiger partial charge on any atom is 0.253 e. The SMILES string of the molecule is COCCNC(=O)c1cc(NC(=O)COC)ccc1N1CCN(c2ccccc2OC)CC1. The monoisotopic (exact) mass is 456 g/mol. The van der Waals surface area contributed by atoms with E-state index in [1.807, 2.05) is 24.3 Å². The molecule has 0 radical (unpaired) electrons. The highest BCUT2D eigenvalue weighted by molar-refractivity contribution is 6.02. The van der Waals surface area contributed by atoms with Crippen molar-refractivity contribution in [1.29, 1.82) is 0 Å². The fourth-order valence-electron chi connectivity index (χ4n) is 3.84. The minimum Gasteiger partial charge on any atom is -0.495 e. The molecule has 1 saturated heterocycles. The van der Waals surface area contributed by atoms with Crippen molar-refractivity contribution in [3.05, 3.63) is 48.0 Å². The van der Waals surface area contributed by atoms with Crippen molar-refractivity contribution in [2.24, 2.45) is 0 Å². The Kier molecular flexibility index (Phi) is 8.91. The molecule has 0 bridgehead atoms. The number of rotatable bonds is 10. The van der Waals surface area contributed by atoms with Crippen molar-refractivity contribution < 1.29 is 23.8 Å². The van der Waals surface area contributed by atoms with Gasteiger partial charge in [0.05, 0.1) is 25.0 Å². The molecule has 0 unspecified atom stereocenters. The summed E-state index contributed by atoms with van der Waals surface area (Å²) in [6.07, 6.45) is 0. The minimum absolute atomic E-state index is 0.0535. The van der Waals surface area contributed by atoms with Gasteiger partial charge in [0.1, 0.15) is 12.4 Å². The van der Waals surface area contributed by atoms with E-state index in [-0.39, 0.29) is 18.4 Å². The Balaban J connectivity index is 1.78. The highest BCUT2D eigenvalue weighted by atomic mass is 16.5. The summed E-state index contributed by atoms with van der Waals surface area (Å²) in [4.78, 5) is 29.4. The number of hydrogen-bond acceptors (Lipinski definition) is 7. The Morgan fingerprint density at radius 1 is 0.909 bits per heavy atom. The maximum absolute atomic E-state index is 13.0. The van der Waals surface area contributed by atoms with Crippen LogP contribution in [0.4, 0.5) is 17.1 Å². The fraction of sp³-hybridized carbons (Fsp3) is 0.417. The topological polar surface area (TPSA) is 92.4 Å². The van der Waals surface area contributed by atoms with Gasteiger partial charge in [-0.1, -0.05) is 12.1 Å². The number of ether oxygens (including phenoxy) is 3. The van der Waals surface area contributed by atoms with Crippen LogP contribution in [0.25, 0.3) is 0 Å². The van der Waals surface area contributed by atoms with Crippen LogP contribution in [-0.4, -0.2) is 79.1 Å². The predicted molar refractivity (Wildman–Crippen MR) is 129 cm³/mol. The highest BCUT2D eigenvalue weighted by Gasteiger charge is 2.23. The van der Waals surface area contributed by atoms with Crippen LogP contribution in [0, 0.1) is 0 Å². The summed E-state index contributed by atoms with van der Waals surface area (Å²) >= 11 is 0. The number of benzene rings is 2. The Bertz CT molecular complexity index is 944. The van der Waals surface area contributed by atoms with E-state index in [4.69, 9.17) is 14.2 Å². The number of nitrogens with zero attached hydrogens (tertiary/aromatic N) is 2. The summed E-state index contributed by atoms with van der Waals surface area (Å²) in [5.74, 6) is 0.360. The molecule has 0 atom stereocenters. The summed E-state index contributed by atoms with van der Waals surface area (Å²) in [7, 11) is 4.73. The summed E-state index contributed by atoms with van der Waals surface area (Å²) in [5.41, 5.74) is 2.94. The third kappa shape index (κ3) is 6.36. The van der Waals surface area contributed by atoms with E-state index in [1.54, 1.807) is 26.4 Å². The first kappa shape index (κ1) is 24.3. The van der Waals surface area contributed by atoms with E-state index in [0.717, 1.165) is 43.3 Å². The van der Waals surface area contributed by atoms with Crippen molar-refractivity contribution in [3.8, 4) is 5.75 Å². The second kappa shape index (κ2) is 12.1. The molecule has 2 aromatic carbocycles. The molecular formula is C24H32N4O5. The number of para-hydroxylation sites is 2. The molecule has 3 rings (SSSR count). The molecule has 33 heavy (non-hydrogen) atoms. The minimum atomic E-state index is -0.276. The van der Waals surface area contributed by atoms with Crippen molar-refractivity contribution in [2.45, 2.75) is 0 Å². The number of carbonyl (C=O) groups excluding carboxylic acids is 2. The van der Waals surface area contributed by atoms with Gasteiger partial charge in [0, 0.05) is 58.3 Å². The second-order valence-corrected chi connectivity index (χ2v) is 7.61. The van der Waals surface area contributed by atoms with E-state index in [1.165, 1.54) is 7.11 Å². The Morgan fingerprint density at radius 3 is 2.27 bits per heavy atom. The molecule has 9 heteroatoms. The van der Waals surface area contributed by atoms with Crippen molar-refractivity contribution in [3.63, 3.8) is 0 Å². The first-order chi connectivity index (χ1) is 16.1. The van der Waals surface area contributed by atoms with Gasteiger partial charge in [-0.2, -0.15) is 0 Å². The number of methoxy groups -OCH3 is 3. The van der Waals surface area contributed by atoms with Crippen LogP contribution in [0.5, 0.6) is 5.75 Å². The number of hydrogen-bond donors (Lipinski definition) is 2. The summed E-state index contributed by atoms with van der Waals surface area (Å²) < 4.78 is 15.4. The molecule has 9 nitrogen and oxygen atoms in total. The lowest BCUT2D eigenvalue weighted by atomic mass is 10.1. The van der Waals surface area contributed by atoms with Gasteiger partial charge in [-0.25, -0.2) is 0 Å². The molecule has 178 valence electrons. The van der Waals surface area contributed by atoms with Crippen LogP contribution in [-0.2, 0) is 14.3 Å². The average molecular weight is 457 g/mol. The molecule has 1 aliphatic heterocycles. The lowest BCUT2D eigenvalue weighted by Gasteiger charge is -2.38. The van der Waals surface area contributed by atoms with Crippen LogP contribution in [0.3, 0.4) is 0 Å². The van der Waals surface area contributed by atoms with Crippen LogP contribution in [0.15, 0.2) is 42.5 Å². The third-order valence-electron chi connectivity index (χ3n) is 5.44. The lowest BCUT2D eigenvalue weighted by Crippen LogP contribution is -2.47. The Labute approximate surface area is 194 Å². The quantitative estimate of drug-likeness (QED) is 0.528. The standard InChI is InChI=1S/C24H32N4O5/c1-31-15-10-25-24(30)19-16-18(26-23(29)17-32-2)8-9-20(19)27-11-13-28(14-12-27)21-6-4-5-7-22(21)33-3/h4-9,16H,10-15,17H2,1-3H3,(H,25,30)(H,26,29). The molecule has 2 amide bonds. The molecule has 0 aromatic heterocycles. The largest absolute Gasteiger partial charge is 0.495 e. The maximum atomic E-state index is 13.0. The van der Waals surface area contributed by atoms with E-state index < -0.39 is 0 Å². The van der Waals surface area contributed by atoms with Crippen LogP contribution >= 0.6 is 0 Å². The normalized spacial score (nSPS) is 13.5. The van der Waals surface area contributed by atoms with Gasteiger partial charge < -0.3 is 34.6 Å². The van der Waals surface area contributed by atoms with Crippen LogP contribution in [0.1, 0.15) is 10.4 Å². The summed E-state index contributed by atoms with van der Waals surface area (Å²) in [6, 6.07) is 13.4. The molecular weight excluding hydrogens is 424 g/mol. The van der Waals surface area contributed by atoms with Crippen LogP contribution in [0.2, 0.25) is 0 Å². The van der Waals surface area contributed by atoms with Crippen molar-refractivity contribution >= 4 is 28.9 Å². The zero-order chi connectivity index (χ0) is 23.6. The van der Waals surface area contributed by atoms with Gasteiger partial charge in [0.25, 0.3) is 5.91 Å². The number of amides is 2.